The van der Waals surface area contributed by atoms with Gasteiger partial charge in [-0.1, -0.05) is 37.3 Å². The van der Waals surface area contributed by atoms with E-state index in [0.717, 1.165) is 48.4 Å². The van der Waals surface area contributed by atoms with E-state index in [1.165, 1.54) is 6.42 Å². The topological polar surface area (TPSA) is 38.1 Å². The van der Waals surface area contributed by atoms with E-state index in [0.29, 0.717) is 18.9 Å². The third-order valence-electron chi connectivity index (χ3n) is 5.63. The first-order valence-corrected chi connectivity index (χ1v) is 10.1. The van der Waals surface area contributed by atoms with Crippen LogP contribution in [0.25, 0.3) is 16.7 Å². The summed E-state index contributed by atoms with van der Waals surface area (Å²) in [6.07, 6.45) is 5.75. The molecule has 4 heteroatoms. The second-order valence-corrected chi connectivity index (χ2v) is 7.33. The Morgan fingerprint density at radius 1 is 1.07 bits per heavy atom. The molecule has 0 bridgehead atoms. The number of imidazole rings is 1. The van der Waals surface area contributed by atoms with Crippen LogP contribution in [0.15, 0.2) is 54.6 Å². The number of carbonyl (C=O) groups is 1. The van der Waals surface area contributed by atoms with Gasteiger partial charge in [-0.3, -0.25) is 9.36 Å². The van der Waals surface area contributed by atoms with E-state index in [4.69, 9.17) is 4.98 Å². The highest BCUT2D eigenvalue weighted by Gasteiger charge is 2.25. The van der Waals surface area contributed by atoms with Crippen LogP contribution in [0.3, 0.4) is 0 Å². The summed E-state index contributed by atoms with van der Waals surface area (Å²) in [7, 11) is 0. The minimum atomic E-state index is 0.271. The molecule has 4 rings (SSSR count). The molecule has 140 valence electrons. The van der Waals surface area contributed by atoms with E-state index in [-0.39, 0.29) is 5.91 Å². The van der Waals surface area contributed by atoms with Gasteiger partial charge in [0, 0.05) is 31.1 Å². The molecule has 0 spiro atoms. The molecule has 0 unspecified atom stereocenters. The van der Waals surface area contributed by atoms with Crippen molar-refractivity contribution in [2.75, 3.05) is 6.54 Å². The Morgan fingerprint density at radius 2 is 1.85 bits per heavy atom. The molecule has 0 saturated carbocycles. The second kappa shape index (κ2) is 7.95. The van der Waals surface area contributed by atoms with Crippen molar-refractivity contribution in [3.05, 3.63) is 60.4 Å². The lowest BCUT2D eigenvalue weighted by Gasteiger charge is -2.35. The Hall–Kier alpha value is -2.62. The highest BCUT2D eigenvalue weighted by molar-refractivity contribution is 5.79. The number of rotatable bonds is 5. The summed E-state index contributed by atoms with van der Waals surface area (Å²) in [4.78, 5) is 19.8. The molecule has 2 aromatic carbocycles. The lowest BCUT2D eigenvalue weighted by Crippen LogP contribution is -2.43. The number of benzene rings is 2. The molecule has 27 heavy (non-hydrogen) atoms. The lowest BCUT2D eigenvalue weighted by atomic mass is 9.99. The molecule has 1 aliphatic rings. The Bertz CT molecular complexity index is 916. The van der Waals surface area contributed by atoms with Gasteiger partial charge in [-0.05, 0) is 49.9 Å². The summed E-state index contributed by atoms with van der Waals surface area (Å²) < 4.78 is 2.19. The maximum Gasteiger partial charge on any atom is 0.223 e. The molecule has 0 radical (unpaired) electrons. The standard InChI is InChI=1S/C23H27N3O/c1-2-18-10-8-9-17-25(18)23(27)16-15-22-24-20-13-6-7-14-21(20)26(22)19-11-4-3-5-12-19/h3-7,11-14,18H,2,8-10,15-17H2,1H3/t18-/m0/s1. The highest BCUT2D eigenvalue weighted by atomic mass is 16.2. The van der Waals surface area contributed by atoms with Crippen LogP contribution in [-0.2, 0) is 11.2 Å². The van der Waals surface area contributed by atoms with E-state index < -0.39 is 0 Å². The zero-order chi connectivity index (χ0) is 18.6. The van der Waals surface area contributed by atoms with Gasteiger partial charge in [0.15, 0.2) is 0 Å². The first-order chi connectivity index (χ1) is 13.3. The van der Waals surface area contributed by atoms with Crippen LogP contribution in [0.4, 0.5) is 0 Å². The fourth-order valence-electron chi connectivity index (χ4n) is 4.22. The van der Waals surface area contributed by atoms with Crippen LogP contribution in [0, 0.1) is 0 Å². The predicted octanol–water partition coefficient (Wildman–Crippen LogP) is 4.75. The number of carbonyl (C=O) groups excluding carboxylic acids is 1. The number of hydrogen-bond donors (Lipinski definition) is 0. The van der Waals surface area contributed by atoms with Gasteiger partial charge in [-0.15, -0.1) is 0 Å². The zero-order valence-electron chi connectivity index (χ0n) is 16.0. The highest BCUT2D eigenvalue weighted by Crippen LogP contribution is 2.24. The Balaban J connectivity index is 1.60. The number of piperidine rings is 1. The molecule has 4 nitrogen and oxygen atoms in total. The van der Waals surface area contributed by atoms with Gasteiger partial charge in [0.05, 0.1) is 11.0 Å². The average Bonchev–Trinajstić information content (AvgIpc) is 3.11. The van der Waals surface area contributed by atoms with E-state index in [2.05, 4.69) is 34.6 Å². The minimum absolute atomic E-state index is 0.271. The first kappa shape index (κ1) is 17.8. The van der Waals surface area contributed by atoms with Gasteiger partial charge < -0.3 is 4.90 Å². The van der Waals surface area contributed by atoms with Crippen molar-refractivity contribution < 1.29 is 4.79 Å². The summed E-state index contributed by atoms with van der Waals surface area (Å²) in [5.74, 6) is 1.23. The van der Waals surface area contributed by atoms with Crippen molar-refractivity contribution >= 4 is 16.9 Å². The zero-order valence-corrected chi connectivity index (χ0v) is 16.0. The Morgan fingerprint density at radius 3 is 2.67 bits per heavy atom. The summed E-state index contributed by atoms with van der Waals surface area (Å²) in [6, 6.07) is 18.9. The number of hydrogen-bond acceptors (Lipinski definition) is 2. The molecule has 0 aliphatic carbocycles. The Labute approximate surface area is 160 Å². The molecular weight excluding hydrogens is 334 g/mol. The van der Waals surface area contributed by atoms with Gasteiger partial charge in [-0.25, -0.2) is 4.98 Å². The molecule has 1 amide bonds. The molecule has 1 saturated heterocycles. The average molecular weight is 361 g/mol. The van der Waals surface area contributed by atoms with Crippen LogP contribution in [0.1, 0.15) is 44.9 Å². The fraction of sp³-hybridized carbons (Fsp3) is 0.391. The van der Waals surface area contributed by atoms with E-state index >= 15 is 0 Å². The minimum Gasteiger partial charge on any atom is -0.340 e. The van der Waals surface area contributed by atoms with Gasteiger partial charge in [-0.2, -0.15) is 0 Å². The van der Waals surface area contributed by atoms with Crippen LogP contribution in [0.5, 0.6) is 0 Å². The summed E-state index contributed by atoms with van der Waals surface area (Å²) in [5, 5.41) is 0. The number of likely N-dealkylation sites (tertiary alicyclic amines) is 1. The van der Waals surface area contributed by atoms with Crippen LogP contribution in [-0.4, -0.2) is 32.9 Å². The van der Waals surface area contributed by atoms with Crippen LogP contribution in [0.2, 0.25) is 0 Å². The second-order valence-electron chi connectivity index (χ2n) is 7.33. The van der Waals surface area contributed by atoms with Gasteiger partial charge in [0.2, 0.25) is 5.91 Å². The van der Waals surface area contributed by atoms with Gasteiger partial charge >= 0.3 is 0 Å². The van der Waals surface area contributed by atoms with E-state index in [1.54, 1.807) is 0 Å². The molecular formula is C23H27N3O. The summed E-state index contributed by atoms with van der Waals surface area (Å²) in [6.45, 7) is 3.09. The number of fused-ring (bicyclic) bond motifs is 1. The number of aryl methyl sites for hydroxylation is 1. The van der Waals surface area contributed by atoms with Crippen LogP contribution < -0.4 is 0 Å². The molecule has 0 N–H and O–H groups in total. The summed E-state index contributed by atoms with van der Waals surface area (Å²) in [5.41, 5.74) is 3.17. The van der Waals surface area contributed by atoms with Crippen molar-refractivity contribution in [2.24, 2.45) is 0 Å². The first-order valence-electron chi connectivity index (χ1n) is 10.1. The van der Waals surface area contributed by atoms with E-state index in [1.807, 2.05) is 36.4 Å². The van der Waals surface area contributed by atoms with Gasteiger partial charge in [0.25, 0.3) is 0 Å². The monoisotopic (exact) mass is 361 g/mol. The third kappa shape index (κ3) is 3.61. The summed E-state index contributed by atoms with van der Waals surface area (Å²) >= 11 is 0. The number of amides is 1. The molecule has 1 atom stereocenters. The van der Waals surface area contributed by atoms with Crippen molar-refractivity contribution in [3.63, 3.8) is 0 Å². The van der Waals surface area contributed by atoms with Gasteiger partial charge in [0.1, 0.15) is 5.82 Å². The quantitative estimate of drug-likeness (QED) is 0.658. The van der Waals surface area contributed by atoms with Crippen LogP contribution >= 0.6 is 0 Å². The maximum absolute atomic E-state index is 12.9. The smallest absolute Gasteiger partial charge is 0.223 e. The van der Waals surface area contributed by atoms with Crippen molar-refractivity contribution in [1.29, 1.82) is 0 Å². The predicted molar refractivity (Wildman–Crippen MR) is 109 cm³/mol. The molecule has 1 fully saturated rings. The molecule has 1 aliphatic heterocycles. The number of para-hydroxylation sites is 3. The third-order valence-corrected chi connectivity index (χ3v) is 5.63. The molecule has 1 aromatic heterocycles. The SMILES string of the molecule is CC[C@H]1CCCCN1C(=O)CCc1nc2ccccc2n1-c1ccccc1. The largest absolute Gasteiger partial charge is 0.340 e. The number of nitrogens with zero attached hydrogens (tertiary/aromatic N) is 3. The van der Waals surface area contributed by atoms with Crippen molar-refractivity contribution in [2.45, 2.75) is 51.5 Å². The van der Waals surface area contributed by atoms with Crippen molar-refractivity contribution in [1.82, 2.24) is 14.5 Å². The molecule has 2 heterocycles. The van der Waals surface area contributed by atoms with E-state index in [9.17, 15) is 4.79 Å². The lowest BCUT2D eigenvalue weighted by molar-refractivity contribution is -0.134. The fourth-order valence-corrected chi connectivity index (χ4v) is 4.22. The van der Waals surface area contributed by atoms with Crippen molar-refractivity contribution in [3.8, 4) is 5.69 Å². The normalized spacial score (nSPS) is 17.4. The Kier molecular flexibility index (Phi) is 5.23. The number of aromatic nitrogens is 2. The molecule has 3 aromatic rings. The maximum atomic E-state index is 12.9.